The molecule has 0 aliphatic heterocycles. The first-order valence-electron chi connectivity index (χ1n) is 11.1. The number of hydrogen-bond acceptors (Lipinski definition) is 4. The summed E-state index contributed by atoms with van der Waals surface area (Å²) in [7, 11) is 0. The van der Waals surface area contributed by atoms with E-state index in [0.29, 0.717) is 5.92 Å². The molecule has 0 atom stereocenters. The number of unbranched alkanes of at least 4 members (excludes halogenated alkanes) is 4. The Balaban J connectivity index is 5.07. The minimum absolute atomic E-state index is 0.0809. The monoisotopic (exact) mass is 374 g/mol. The quantitative estimate of drug-likeness (QED) is 0.200. The van der Waals surface area contributed by atoms with Crippen LogP contribution in [0.5, 0.6) is 0 Å². The van der Waals surface area contributed by atoms with Crippen molar-refractivity contribution in [1.29, 1.82) is 0 Å². The smallest absolute Gasteiger partial charge is 0.165 e. The molecule has 26 heavy (non-hydrogen) atoms. The third-order valence-electron chi connectivity index (χ3n) is 4.52. The molecule has 0 unspecified atom stereocenters. The predicted molar refractivity (Wildman–Crippen MR) is 109 cm³/mol. The third kappa shape index (κ3) is 12.3. The Labute approximate surface area is 163 Å². The normalized spacial score (nSPS) is 12.2. The van der Waals surface area contributed by atoms with E-state index in [0.717, 1.165) is 77.8 Å². The van der Waals surface area contributed by atoms with Crippen LogP contribution in [0.3, 0.4) is 0 Å². The number of rotatable bonds is 19. The molecule has 0 saturated carbocycles. The van der Waals surface area contributed by atoms with Gasteiger partial charge in [-0.3, -0.25) is 0 Å². The zero-order chi connectivity index (χ0) is 19.6. The van der Waals surface area contributed by atoms with E-state index in [2.05, 4.69) is 41.5 Å². The first-order chi connectivity index (χ1) is 12.6. The van der Waals surface area contributed by atoms with Gasteiger partial charge in [-0.1, -0.05) is 67.2 Å². The van der Waals surface area contributed by atoms with E-state index in [1.165, 1.54) is 0 Å². The van der Waals surface area contributed by atoms with Gasteiger partial charge in [0.2, 0.25) is 0 Å². The molecular formula is C22H46O4. The van der Waals surface area contributed by atoms with Gasteiger partial charge in [-0.05, 0) is 31.6 Å². The molecule has 158 valence electrons. The summed E-state index contributed by atoms with van der Waals surface area (Å²) in [6.07, 6.45) is 8.17. The van der Waals surface area contributed by atoms with Gasteiger partial charge in [0.05, 0.1) is 5.92 Å². The summed E-state index contributed by atoms with van der Waals surface area (Å²) in [6.45, 7) is 16.1. The molecule has 0 fully saturated rings. The van der Waals surface area contributed by atoms with Crippen LogP contribution >= 0.6 is 0 Å². The maximum Gasteiger partial charge on any atom is 0.165 e. The molecule has 0 amide bonds. The standard InChI is InChI=1S/C22H46O4/c1-7-11-15-23-21(24-16-12-8-2)20(19(5)6)22(25-17-13-9-3)26-18-14-10-4/h19-22H,7-18H2,1-6H3. The topological polar surface area (TPSA) is 36.9 Å². The summed E-state index contributed by atoms with van der Waals surface area (Å²) in [5, 5.41) is 0. The molecule has 0 radical (unpaired) electrons. The van der Waals surface area contributed by atoms with Crippen LogP contribution in [0.1, 0.15) is 92.9 Å². The van der Waals surface area contributed by atoms with Crippen molar-refractivity contribution in [2.24, 2.45) is 11.8 Å². The Morgan fingerprint density at radius 3 is 0.962 bits per heavy atom. The van der Waals surface area contributed by atoms with Crippen LogP contribution in [-0.2, 0) is 18.9 Å². The van der Waals surface area contributed by atoms with E-state index in [9.17, 15) is 0 Å². The average Bonchev–Trinajstić information content (AvgIpc) is 2.61. The van der Waals surface area contributed by atoms with Crippen molar-refractivity contribution in [3.8, 4) is 0 Å². The molecule has 0 saturated heterocycles. The van der Waals surface area contributed by atoms with Crippen molar-refractivity contribution in [2.75, 3.05) is 26.4 Å². The lowest BCUT2D eigenvalue weighted by Crippen LogP contribution is -2.42. The molecule has 4 heteroatoms. The second-order valence-electron chi connectivity index (χ2n) is 7.46. The van der Waals surface area contributed by atoms with Crippen molar-refractivity contribution in [3.63, 3.8) is 0 Å². The van der Waals surface area contributed by atoms with Gasteiger partial charge in [-0.15, -0.1) is 0 Å². The zero-order valence-electron chi connectivity index (χ0n) is 18.4. The Bertz CT molecular complexity index is 239. The first kappa shape index (κ1) is 25.8. The summed E-state index contributed by atoms with van der Waals surface area (Å²) in [5.74, 6) is 0.439. The fourth-order valence-corrected chi connectivity index (χ4v) is 2.67. The zero-order valence-corrected chi connectivity index (χ0v) is 18.4. The van der Waals surface area contributed by atoms with E-state index < -0.39 is 0 Å². The number of ether oxygens (including phenoxy) is 4. The second-order valence-corrected chi connectivity index (χ2v) is 7.46. The molecule has 0 bridgehead atoms. The van der Waals surface area contributed by atoms with Crippen molar-refractivity contribution in [2.45, 2.75) is 105 Å². The van der Waals surface area contributed by atoms with Gasteiger partial charge in [-0.2, -0.15) is 0 Å². The molecule has 0 aliphatic rings. The van der Waals surface area contributed by atoms with Gasteiger partial charge in [0.15, 0.2) is 12.6 Å². The van der Waals surface area contributed by atoms with Crippen molar-refractivity contribution >= 4 is 0 Å². The Kier molecular flexibility index (Phi) is 18.1. The van der Waals surface area contributed by atoms with E-state index >= 15 is 0 Å². The lowest BCUT2D eigenvalue weighted by atomic mass is 9.94. The molecule has 0 aromatic heterocycles. The van der Waals surface area contributed by atoms with Crippen molar-refractivity contribution < 1.29 is 18.9 Å². The summed E-state index contributed by atoms with van der Waals surface area (Å²) in [5.41, 5.74) is 0. The first-order valence-corrected chi connectivity index (χ1v) is 11.1. The maximum absolute atomic E-state index is 6.16. The Morgan fingerprint density at radius 2 is 0.769 bits per heavy atom. The SMILES string of the molecule is CCCCOC(OCCCC)C(C(C)C)C(OCCCC)OCCCC. The highest BCUT2D eigenvalue weighted by Crippen LogP contribution is 2.27. The van der Waals surface area contributed by atoms with E-state index in [-0.39, 0.29) is 18.5 Å². The van der Waals surface area contributed by atoms with E-state index in [4.69, 9.17) is 18.9 Å². The van der Waals surface area contributed by atoms with Crippen LogP contribution in [0.15, 0.2) is 0 Å². The van der Waals surface area contributed by atoms with Crippen molar-refractivity contribution in [3.05, 3.63) is 0 Å². The molecule has 0 heterocycles. The lowest BCUT2D eigenvalue weighted by molar-refractivity contribution is -0.261. The molecule has 0 aromatic carbocycles. The minimum atomic E-state index is -0.263. The molecule has 0 spiro atoms. The van der Waals surface area contributed by atoms with Gasteiger partial charge in [0.25, 0.3) is 0 Å². The van der Waals surface area contributed by atoms with Crippen LogP contribution in [0, 0.1) is 11.8 Å². The fourth-order valence-electron chi connectivity index (χ4n) is 2.67. The molecule has 0 rings (SSSR count). The highest BCUT2D eigenvalue weighted by atomic mass is 16.7. The van der Waals surface area contributed by atoms with Crippen LogP contribution < -0.4 is 0 Å². The van der Waals surface area contributed by atoms with Crippen LogP contribution in [-0.4, -0.2) is 39.0 Å². The number of hydrogen-bond donors (Lipinski definition) is 0. The minimum Gasteiger partial charge on any atom is -0.352 e. The van der Waals surface area contributed by atoms with Gasteiger partial charge < -0.3 is 18.9 Å². The van der Waals surface area contributed by atoms with Crippen LogP contribution in [0.4, 0.5) is 0 Å². The fraction of sp³-hybridized carbons (Fsp3) is 1.00. The largest absolute Gasteiger partial charge is 0.352 e. The highest BCUT2D eigenvalue weighted by molar-refractivity contribution is 4.72. The molecular weight excluding hydrogens is 328 g/mol. The van der Waals surface area contributed by atoms with Crippen LogP contribution in [0.2, 0.25) is 0 Å². The molecule has 4 nitrogen and oxygen atoms in total. The average molecular weight is 375 g/mol. The van der Waals surface area contributed by atoms with Crippen molar-refractivity contribution in [1.82, 2.24) is 0 Å². The van der Waals surface area contributed by atoms with E-state index in [1.54, 1.807) is 0 Å². The predicted octanol–water partition coefficient (Wildman–Crippen LogP) is 6.18. The summed E-state index contributed by atoms with van der Waals surface area (Å²) < 4.78 is 24.7. The van der Waals surface area contributed by atoms with Gasteiger partial charge >= 0.3 is 0 Å². The van der Waals surface area contributed by atoms with Gasteiger partial charge in [0, 0.05) is 26.4 Å². The third-order valence-corrected chi connectivity index (χ3v) is 4.52. The van der Waals surface area contributed by atoms with Gasteiger partial charge in [-0.25, -0.2) is 0 Å². The van der Waals surface area contributed by atoms with E-state index in [1.807, 2.05) is 0 Å². The summed E-state index contributed by atoms with van der Waals surface area (Å²) in [6, 6.07) is 0. The Morgan fingerprint density at radius 1 is 0.500 bits per heavy atom. The second kappa shape index (κ2) is 18.2. The molecule has 0 aliphatic carbocycles. The highest BCUT2D eigenvalue weighted by Gasteiger charge is 2.35. The van der Waals surface area contributed by atoms with Crippen LogP contribution in [0.25, 0.3) is 0 Å². The summed E-state index contributed by atoms with van der Waals surface area (Å²) in [4.78, 5) is 0. The molecule has 0 aromatic rings. The lowest BCUT2D eigenvalue weighted by Gasteiger charge is -2.36. The maximum atomic E-state index is 6.16. The molecule has 0 N–H and O–H groups in total. The Hall–Kier alpha value is -0.160. The summed E-state index contributed by atoms with van der Waals surface area (Å²) >= 11 is 0. The van der Waals surface area contributed by atoms with Gasteiger partial charge in [0.1, 0.15) is 0 Å².